The van der Waals surface area contributed by atoms with Crippen molar-refractivity contribution in [3.05, 3.63) is 29.8 Å². The molecule has 14 heteroatoms. The average Bonchev–Trinajstić information content (AvgIpc) is 2.62. The number of rotatable bonds is 13. The van der Waals surface area contributed by atoms with E-state index in [9.17, 15) is 9.59 Å². The van der Waals surface area contributed by atoms with Crippen molar-refractivity contribution in [2.75, 3.05) is 5.43 Å². The molecular weight excluding hydrogens is 288 g/mol. The summed E-state index contributed by atoms with van der Waals surface area (Å²) in [5.74, 6) is -0.0731. The highest BCUT2D eigenvalue weighted by molar-refractivity contribution is 7.68. The number of benzene rings is 1. The number of amides is 1. The summed E-state index contributed by atoms with van der Waals surface area (Å²) in [6.07, 6.45) is 1.14. The van der Waals surface area contributed by atoms with E-state index in [1.165, 1.54) is 12.0 Å². The number of anilines is 1. The van der Waals surface area contributed by atoms with Gasteiger partial charge in [0.2, 0.25) is 13.2 Å². The number of carbonyl (C=O) groups excluding carboxylic acids is 2. The summed E-state index contributed by atoms with van der Waals surface area (Å²) < 4.78 is 0. The molecule has 0 fully saturated rings. The Kier molecular flexibility index (Phi) is 11.4. The fraction of sp³-hybridized carbons (Fsp3) is 0.200. The van der Waals surface area contributed by atoms with Gasteiger partial charge in [-0.05, 0) is 24.3 Å². The second kappa shape index (κ2) is 13.1. The van der Waals surface area contributed by atoms with Crippen LogP contribution < -0.4 is 5.43 Å². The molecule has 0 aliphatic heterocycles. The van der Waals surface area contributed by atoms with Gasteiger partial charge in [-0.3, -0.25) is 9.59 Å². The summed E-state index contributed by atoms with van der Waals surface area (Å²) >= 11 is 0. The van der Waals surface area contributed by atoms with Crippen LogP contribution in [0.15, 0.2) is 24.3 Å². The largest absolute Gasteiger partial charge is 0.321 e. The monoisotopic (exact) mass is 301 g/mol. The van der Waals surface area contributed by atoms with Crippen LogP contribution in [-0.2, 0) is 4.79 Å². The molecule has 0 saturated heterocycles. The van der Waals surface area contributed by atoms with Crippen molar-refractivity contribution in [3.8, 4) is 0 Å². The fourth-order valence-corrected chi connectivity index (χ4v) is 1.65. The predicted molar refractivity (Wildman–Crippen MR) is 110 cm³/mol. The maximum Gasteiger partial charge on any atom is 0.226 e. The molecule has 0 unspecified atom stereocenters. The quantitative estimate of drug-likeness (QED) is 0.193. The van der Waals surface area contributed by atoms with E-state index in [0.29, 0.717) is 12.0 Å². The Labute approximate surface area is 152 Å². The molecule has 0 spiro atoms. The van der Waals surface area contributed by atoms with Crippen molar-refractivity contribution >= 4 is 89.4 Å². The van der Waals surface area contributed by atoms with Crippen LogP contribution >= 0.6 is 0 Å². The van der Waals surface area contributed by atoms with Crippen LogP contribution in [0.4, 0.5) is 5.69 Å². The van der Waals surface area contributed by atoms with Gasteiger partial charge in [0.1, 0.15) is 6.29 Å². The van der Waals surface area contributed by atoms with Crippen LogP contribution in [0.3, 0.4) is 0 Å². The van der Waals surface area contributed by atoms with E-state index >= 15 is 0 Å². The Bertz CT molecular complexity index is 491. The SMILES string of the molecule is [B][B][B][B][B][B][B][B][B][B]N(Nc1ccc(C=O)cc1)C(=O)CC. The average molecular weight is 299 g/mol. The highest BCUT2D eigenvalue weighted by atomic mass is 16.2. The Morgan fingerprint density at radius 1 is 1.08 bits per heavy atom. The molecule has 0 aliphatic rings. The molecule has 103 valence electrons. The Balaban J connectivity index is 2.34. The van der Waals surface area contributed by atoms with E-state index in [0.717, 1.165) is 12.0 Å². The molecule has 0 saturated carbocycles. The van der Waals surface area contributed by atoms with Crippen molar-refractivity contribution in [1.29, 1.82) is 0 Å². The molecule has 0 aromatic heterocycles. The van der Waals surface area contributed by atoms with Gasteiger partial charge >= 0.3 is 0 Å². The van der Waals surface area contributed by atoms with E-state index in [2.05, 4.69) is 5.43 Å². The molecule has 11 radical (unpaired) electrons. The van der Waals surface area contributed by atoms with Gasteiger partial charge in [0.15, 0.2) is 0 Å². The maximum absolute atomic E-state index is 12.0. The van der Waals surface area contributed by atoms with Gasteiger partial charge in [-0.1, -0.05) is 6.92 Å². The molecule has 1 rings (SSSR count). The Hall–Kier alpha value is -1.19. The summed E-state index contributed by atoms with van der Waals surface area (Å²) in [5, 5.41) is 0. The molecule has 0 atom stereocenters. The lowest BCUT2D eigenvalue weighted by Gasteiger charge is -2.24. The molecule has 4 nitrogen and oxygen atoms in total. The number of nitrogens with zero attached hydrogens (tertiary/aromatic N) is 1. The van der Waals surface area contributed by atoms with Gasteiger partial charge in [0.25, 0.3) is 0 Å². The Morgan fingerprint density at radius 3 is 2.21 bits per heavy atom. The van der Waals surface area contributed by atoms with Crippen LogP contribution in [0, 0.1) is 0 Å². The first-order valence-electron chi connectivity index (χ1n) is 7.57. The minimum atomic E-state index is -0.0731. The molecule has 24 heavy (non-hydrogen) atoms. The number of nitrogens with one attached hydrogen (secondary N) is 1. The highest BCUT2D eigenvalue weighted by Gasteiger charge is 2.12. The third-order valence-corrected chi connectivity index (χ3v) is 2.88. The molecule has 1 aromatic rings. The maximum atomic E-state index is 12.0. The van der Waals surface area contributed by atoms with Crippen molar-refractivity contribution < 1.29 is 9.59 Å². The summed E-state index contributed by atoms with van der Waals surface area (Å²) in [6.45, 7) is 1.79. The van der Waals surface area contributed by atoms with Crippen molar-refractivity contribution in [2.45, 2.75) is 13.3 Å². The summed E-state index contributed by atoms with van der Waals surface area (Å²) in [5.41, 5.74) is 4.30. The topological polar surface area (TPSA) is 49.4 Å². The van der Waals surface area contributed by atoms with E-state index in [1.807, 2.05) is 35.3 Å². The summed E-state index contributed by atoms with van der Waals surface area (Å²) in [6, 6.07) is 6.86. The zero-order chi connectivity index (χ0) is 17.6. The lowest BCUT2D eigenvalue weighted by atomic mass is 8.89. The van der Waals surface area contributed by atoms with E-state index in [1.54, 1.807) is 52.6 Å². The van der Waals surface area contributed by atoms with Crippen LogP contribution in [0.5, 0.6) is 0 Å². The smallest absolute Gasteiger partial charge is 0.226 e. The lowest BCUT2D eigenvalue weighted by Crippen LogP contribution is -2.44. The van der Waals surface area contributed by atoms with E-state index < -0.39 is 0 Å². The molecule has 1 amide bonds. The second-order valence-electron chi connectivity index (χ2n) is 4.66. The third kappa shape index (κ3) is 8.60. The number of hydrazine groups is 1. The molecular formula is C10H11B10N2O2. The van der Waals surface area contributed by atoms with Gasteiger partial charge in [0, 0.05) is 76.2 Å². The summed E-state index contributed by atoms with van der Waals surface area (Å²) in [4.78, 5) is 24.0. The third-order valence-electron chi connectivity index (χ3n) is 2.88. The molecule has 0 aliphatic carbocycles. The van der Waals surface area contributed by atoms with Crippen molar-refractivity contribution in [2.24, 2.45) is 0 Å². The minimum absolute atomic E-state index is 0.0731. The van der Waals surface area contributed by atoms with Crippen LogP contribution in [0.2, 0.25) is 0 Å². The predicted octanol–water partition coefficient (Wildman–Crippen LogP) is -2.28. The van der Waals surface area contributed by atoms with Gasteiger partial charge in [0.05, 0.1) is 5.69 Å². The minimum Gasteiger partial charge on any atom is -0.321 e. The van der Waals surface area contributed by atoms with Gasteiger partial charge in [-0.2, -0.15) is 0 Å². The zero-order valence-corrected chi connectivity index (χ0v) is 13.6. The van der Waals surface area contributed by atoms with Gasteiger partial charge in [-0.25, -0.2) is 0 Å². The molecule has 1 aromatic carbocycles. The highest BCUT2D eigenvalue weighted by Crippen LogP contribution is 2.09. The zero-order valence-electron chi connectivity index (χ0n) is 13.6. The lowest BCUT2D eigenvalue weighted by molar-refractivity contribution is -0.125. The number of hydrogen-bond acceptors (Lipinski definition) is 3. The first kappa shape index (κ1) is 20.9. The molecule has 0 heterocycles. The van der Waals surface area contributed by atoms with E-state index in [-0.39, 0.29) is 5.91 Å². The normalized spacial score (nSPS) is 8.88. The number of aldehydes is 1. The number of hydrogen-bond donors (Lipinski definition) is 1. The number of carbonyl (C=O) groups is 2. The first-order chi connectivity index (χ1) is 11.7. The van der Waals surface area contributed by atoms with E-state index in [4.69, 9.17) is 7.74 Å². The standard InChI is InChI=1S/C10H11B10N2O2/c1-2-10(24)22(20-19-18-17-16-15-14-13-12-11)21-9-5-3-8(7-23)4-6-9/h3-7,21H,2H2,1H3. The molecule has 1 N–H and O–H groups in total. The Morgan fingerprint density at radius 2 is 1.67 bits per heavy atom. The van der Waals surface area contributed by atoms with Crippen LogP contribution in [0.25, 0.3) is 0 Å². The van der Waals surface area contributed by atoms with Crippen LogP contribution in [0.1, 0.15) is 23.7 Å². The van der Waals surface area contributed by atoms with Gasteiger partial charge in [-0.15, -0.1) is 0 Å². The second-order valence-corrected chi connectivity index (χ2v) is 4.66. The first-order valence-corrected chi connectivity index (χ1v) is 7.57. The fourth-order valence-electron chi connectivity index (χ4n) is 1.65. The van der Waals surface area contributed by atoms with Crippen LogP contribution in [-0.4, -0.2) is 88.6 Å². The van der Waals surface area contributed by atoms with Gasteiger partial charge < -0.3 is 10.3 Å². The molecule has 0 bridgehead atoms. The summed E-state index contributed by atoms with van der Waals surface area (Å²) in [7, 11) is 20.9. The van der Waals surface area contributed by atoms with Crippen molar-refractivity contribution in [1.82, 2.24) is 4.92 Å². The van der Waals surface area contributed by atoms with Crippen molar-refractivity contribution in [3.63, 3.8) is 0 Å².